The Balaban J connectivity index is 1.34. The average molecular weight is 481 g/mol. The molecular formula is C26H32N4O5. The molecule has 1 atom stereocenters. The number of nitrogens with one attached hydrogen (secondary N) is 1. The van der Waals surface area contributed by atoms with Crippen LogP contribution in [0.4, 0.5) is 0 Å². The molecule has 186 valence electrons. The van der Waals surface area contributed by atoms with Crippen LogP contribution in [0.1, 0.15) is 29.9 Å². The van der Waals surface area contributed by atoms with Crippen LogP contribution in [0.5, 0.6) is 17.2 Å². The first kappa shape index (κ1) is 24.5. The molecule has 3 aromatic rings. The second-order valence-electron chi connectivity index (χ2n) is 8.71. The summed E-state index contributed by atoms with van der Waals surface area (Å²) < 4.78 is 21.7. The lowest BCUT2D eigenvalue weighted by molar-refractivity contribution is -0.127. The molecule has 1 aliphatic heterocycles. The Morgan fingerprint density at radius 3 is 2.60 bits per heavy atom. The Kier molecular flexibility index (Phi) is 7.87. The van der Waals surface area contributed by atoms with Gasteiger partial charge in [-0.3, -0.25) is 9.69 Å². The van der Waals surface area contributed by atoms with E-state index in [0.717, 1.165) is 36.1 Å². The summed E-state index contributed by atoms with van der Waals surface area (Å²) in [4.78, 5) is 19.7. The van der Waals surface area contributed by atoms with E-state index in [1.807, 2.05) is 43.3 Å². The molecule has 1 unspecified atom stereocenters. The SMILES string of the molecule is COc1cc(CNC(=O)C2CCCN(Cc3nc(-c4cccc(C)c4)no3)C2)cc(OC)c1OC. The van der Waals surface area contributed by atoms with Crippen molar-refractivity contribution in [1.82, 2.24) is 20.4 Å². The topological polar surface area (TPSA) is 99.0 Å². The quantitative estimate of drug-likeness (QED) is 0.496. The molecule has 2 aromatic carbocycles. The first-order valence-electron chi connectivity index (χ1n) is 11.7. The normalized spacial score (nSPS) is 16.1. The van der Waals surface area contributed by atoms with E-state index in [-0.39, 0.29) is 11.8 Å². The second kappa shape index (κ2) is 11.2. The van der Waals surface area contributed by atoms with Crippen molar-refractivity contribution < 1.29 is 23.5 Å². The summed E-state index contributed by atoms with van der Waals surface area (Å²) >= 11 is 0. The van der Waals surface area contributed by atoms with Crippen molar-refractivity contribution >= 4 is 5.91 Å². The van der Waals surface area contributed by atoms with E-state index in [1.165, 1.54) is 0 Å². The third kappa shape index (κ3) is 5.92. The lowest BCUT2D eigenvalue weighted by Gasteiger charge is -2.30. The lowest BCUT2D eigenvalue weighted by Crippen LogP contribution is -2.42. The molecule has 0 bridgehead atoms. The Labute approximate surface area is 205 Å². The fourth-order valence-corrected chi connectivity index (χ4v) is 4.40. The maximum Gasteiger partial charge on any atom is 0.241 e. The number of hydrogen-bond donors (Lipinski definition) is 1. The van der Waals surface area contributed by atoms with Gasteiger partial charge in [-0.1, -0.05) is 28.9 Å². The molecule has 0 saturated carbocycles. The fraction of sp³-hybridized carbons (Fsp3) is 0.423. The predicted octanol–water partition coefficient (Wildman–Crippen LogP) is 3.60. The highest BCUT2D eigenvalue weighted by Gasteiger charge is 2.27. The molecule has 1 N–H and O–H groups in total. The first-order valence-corrected chi connectivity index (χ1v) is 11.7. The van der Waals surface area contributed by atoms with E-state index in [1.54, 1.807) is 21.3 Å². The zero-order valence-electron chi connectivity index (χ0n) is 20.7. The molecule has 35 heavy (non-hydrogen) atoms. The summed E-state index contributed by atoms with van der Waals surface area (Å²) in [5.41, 5.74) is 2.95. The summed E-state index contributed by atoms with van der Waals surface area (Å²) in [6.07, 6.45) is 1.77. The Morgan fingerprint density at radius 1 is 1.14 bits per heavy atom. The number of benzene rings is 2. The van der Waals surface area contributed by atoms with Crippen LogP contribution >= 0.6 is 0 Å². The number of amides is 1. The van der Waals surface area contributed by atoms with E-state index in [0.29, 0.717) is 48.6 Å². The highest BCUT2D eigenvalue weighted by Crippen LogP contribution is 2.38. The second-order valence-corrected chi connectivity index (χ2v) is 8.71. The number of hydrogen-bond acceptors (Lipinski definition) is 8. The molecule has 2 heterocycles. The highest BCUT2D eigenvalue weighted by atomic mass is 16.5. The van der Waals surface area contributed by atoms with Gasteiger partial charge in [-0.2, -0.15) is 4.98 Å². The number of rotatable bonds is 9. The Morgan fingerprint density at radius 2 is 1.91 bits per heavy atom. The zero-order valence-corrected chi connectivity index (χ0v) is 20.7. The van der Waals surface area contributed by atoms with E-state index < -0.39 is 0 Å². The van der Waals surface area contributed by atoms with Gasteiger partial charge >= 0.3 is 0 Å². The Hall–Kier alpha value is -3.59. The minimum Gasteiger partial charge on any atom is -0.493 e. The Bertz CT molecular complexity index is 1140. The van der Waals surface area contributed by atoms with Gasteiger partial charge < -0.3 is 24.1 Å². The van der Waals surface area contributed by atoms with Crippen LogP contribution in [0.15, 0.2) is 40.9 Å². The monoisotopic (exact) mass is 480 g/mol. The molecule has 1 amide bonds. The number of aryl methyl sites for hydroxylation is 1. The van der Waals surface area contributed by atoms with Gasteiger partial charge in [0.25, 0.3) is 0 Å². The maximum absolute atomic E-state index is 12.9. The maximum atomic E-state index is 12.9. The number of carbonyl (C=O) groups is 1. The van der Waals surface area contributed by atoms with Gasteiger partial charge in [0.15, 0.2) is 11.5 Å². The van der Waals surface area contributed by atoms with Crippen LogP contribution in [-0.2, 0) is 17.9 Å². The highest BCUT2D eigenvalue weighted by molar-refractivity contribution is 5.79. The molecule has 0 spiro atoms. The van der Waals surface area contributed by atoms with Gasteiger partial charge in [0.2, 0.25) is 23.4 Å². The number of aromatic nitrogens is 2. The third-order valence-corrected chi connectivity index (χ3v) is 6.17. The van der Waals surface area contributed by atoms with Crippen molar-refractivity contribution in [3.63, 3.8) is 0 Å². The van der Waals surface area contributed by atoms with Crippen LogP contribution in [0.2, 0.25) is 0 Å². The van der Waals surface area contributed by atoms with Gasteiger partial charge in [-0.25, -0.2) is 0 Å². The molecule has 1 aromatic heterocycles. The van der Waals surface area contributed by atoms with Gasteiger partial charge in [0.1, 0.15) is 0 Å². The molecule has 4 rings (SSSR count). The van der Waals surface area contributed by atoms with Crippen LogP contribution in [0.25, 0.3) is 11.4 Å². The van der Waals surface area contributed by atoms with E-state index in [4.69, 9.17) is 18.7 Å². The average Bonchev–Trinajstić information content (AvgIpc) is 3.35. The first-order chi connectivity index (χ1) is 17.0. The largest absolute Gasteiger partial charge is 0.493 e. The molecule has 9 nitrogen and oxygen atoms in total. The van der Waals surface area contributed by atoms with E-state index >= 15 is 0 Å². The number of likely N-dealkylation sites (tertiary alicyclic amines) is 1. The zero-order chi connectivity index (χ0) is 24.8. The number of piperidine rings is 1. The number of methoxy groups -OCH3 is 3. The van der Waals surface area contributed by atoms with E-state index in [2.05, 4.69) is 20.4 Å². The van der Waals surface area contributed by atoms with Crippen molar-refractivity contribution in [3.05, 3.63) is 53.4 Å². The summed E-state index contributed by atoms with van der Waals surface area (Å²) in [6, 6.07) is 11.7. The van der Waals surface area contributed by atoms with Crippen molar-refractivity contribution in [1.29, 1.82) is 0 Å². The lowest BCUT2D eigenvalue weighted by atomic mass is 9.97. The number of ether oxygens (including phenoxy) is 3. The molecule has 9 heteroatoms. The van der Waals surface area contributed by atoms with Crippen LogP contribution in [0.3, 0.4) is 0 Å². The van der Waals surface area contributed by atoms with Crippen LogP contribution < -0.4 is 19.5 Å². The summed E-state index contributed by atoms with van der Waals surface area (Å²) in [5, 5.41) is 7.18. The fourth-order valence-electron chi connectivity index (χ4n) is 4.40. The van der Waals surface area contributed by atoms with Crippen molar-refractivity contribution in [2.75, 3.05) is 34.4 Å². The summed E-state index contributed by atoms with van der Waals surface area (Å²) in [7, 11) is 4.71. The minimum atomic E-state index is -0.107. The number of nitrogens with zero attached hydrogens (tertiary/aromatic N) is 3. The molecular weight excluding hydrogens is 448 g/mol. The molecule has 1 fully saturated rings. The van der Waals surface area contributed by atoms with Gasteiger partial charge in [0, 0.05) is 18.7 Å². The smallest absolute Gasteiger partial charge is 0.241 e. The van der Waals surface area contributed by atoms with Gasteiger partial charge in [0.05, 0.1) is 33.8 Å². The van der Waals surface area contributed by atoms with Gasteiger partial charge in [-0.05, 0) is 50.1 Å². The van der Waals surface area contributed by atoms with Gasteiger partial charge in [-0.15, -0.1) is 0 Å². The number of carbonyl (C=O) groups excluding carboxylic acids is 1. The molecule has 0 radical (unpaired) electrons. The molecule has 1 saturated heterocycles. The summed E-state index contributed by atoms with van der Waals surface area (Å²) in [5.74, 6) is 2.70. The van der Waals surface area contributed by atoms with Crippen LogP contribution in [0, 0.1) is 12.8 Å². The van der Waals surface area contributed by atoms with Crippen molar-refractivity contribution in [2.24, 2.45) is 5.92 Å². The van der Waals surface area contributed by atoms with E-state index in [9.17, 15) is 4.79 Å². The minimum absolute atomic E-state index is 0.0226. The van der Waals surface area contributed by atoms with Crippen LogP contribution in [-0.4, -0.2) is 55.4 Å². The molecule has 1 aliphatic rings. The summed E-state index contributed by atoms with van der Waals surface area (Å²) in [6.45, 7) is 4.46. The van der Waals surface area contributed by atoms with Crippen molar-refractivity contribution in [3.8, 4) is 28.6 Å². The standard InChI is InChI=1S/C26H32N4O5/c1-17-7-5-8-19(11-17)25-28-23(35-29-25)16-30-10-6-9-20(15-30)26(31)27-14-18-12-21(32-2)24(34-4)22(13-18)33-3/h5,7-8,11-13,20H,6,9-10,14-16H2,1-4H3,(H,27,31). The predicted molar refractivity (Wildman–Crippen MR) is 130 cm³/mol. The molecule has 0 aliphatic carbocycles. The van der Waals surface area contributed by atoms with Crippen molar-refractivity contribution in [2.45, 2.75) is 32.9 Å². The third-order valence-electron chi connectivity index (χ3n) is 6.17.